The molecule has 5 heteroatoms. The number of benzene rings is 2. The van der Waals surface area contributed by atoms with Gasteiger partial charge in [-0.05, 0) is 30.3 Å². The molecule has 2 rings (SSSR count). The van der Waals surface area contributed by atoms with Gasteiger partial charge in [0.05, 0.1) is 5.69 Å². The quantitative estimate of drug-likeness (QED) is 0.874. The van der Waals surface area contributed by atoms with Gasteiger partial charge in [0.15, 0.2) is 11.6 Å². The first-order valence-corrected chi connectivity index (χ1v) is 5.57. The summed E-state index contributed by atoms with van der Waals surface area (Å²) in [5, 5.41) is 3.01. The second-order valence-corrected chi connectivity index (χ2v) is 4.13. The van der Waals surface area contributed by atoms with Gasteiger partial charge in [0.1, 0.15) is 5.82 Å². The summed E-state index contributed by atoms with van der Waals surface area (Å²) in [5.74, 6) is -2.39. The summed E-state index contributed by atoms with van der Waals surface area (Å²) in [5.41, 5.74) is 0.264. The molecule has 0 heterocycles. The highest BCUT2D eigenvalue weighted by molar-refractivity contribution is 6.30. The van der Waals surface area contributed by atoms with Gasteiger partial charge < -0.3 is 5.32 Å². The third-order valence-electron chi connectivity index (χ3n) is 2.43. The van der Waals surface area contributed by atoms with E-state index in [9.17, 15) is 13.2 Å². The van der Waals surface area contributed by atoms with Crippen LogP contribution in [0, 0.1) is 17.5 Å². The van der Waals surface area contributed by atoms with E-state index in [1.165, 1.54) is 30.3 Å². The second kappa shape index (κ2) is 5.31. The zero-order chi connectivity index (χ0) is 13.1. The molecule has 2 aromatic carbocycles. The van der Waals surface area contributed by atoms with Gasteiger partial charge in [-0.25, -0.2) is 13.2 Å². The van der Waals surface area contributed by atoms with Crippen molar-refractivity contribution in [3.63, 3.8) is 0 Å². The minimum absolute atomic E-state index is 0.0191. The Labute approximate surface area is 107 Å². The van der Waals surface area contributed by atoms with Crippen LogP contribution in [0.3, 0.4) is 0 Å². The first-order chi connectivity index (χ1) is 8.58. The molecule has 0 amide bonds. The largest absolute Gasteiger partial charge is 0.378 e. The number of nitrogens with one attached hydrogen (secondary N) is 1. The van der Waals surface area contributed by atoms with E-state index in [0.29, 0.717) is 5.02 Å². The van der Waals surface area contributed by atoms with Crippen LogP contribution in [0.15, 0.2) is 36.4 Å². The van der Waals surface area contributed by atoms with E-state index in [0.717, 1.165) is 6.07 Å². The summed E-state index contributed by atoms with van der Waals surface area (Å²) in [6, 6.07) is 7.84. The third-order valence-corrected chi connectivity index (χ3v) is 2.66. The number of rotatable bonds is 3. The molecule has 0 atom stereocenters. The first-order valence-electron chi connectivity index (χ1n) is 5.20. The maximum Gasteiger partial charge on any atom is 0.181 e. The summed E-state index contributed by atoms with van der Waals surface area (Å²) >= 11 is 5.73. The number of anilines is 1. The van der Waals surface area contributed by atoms with Crippen molar-refractivity contribution in [3.8, 4) is 0 Å². The maximum absolute atomic E-state index is 13.4. The molecule has 0 saturated carbocycles. The second-order valence-electron chi connectivity index (χ2n) is 3.69. The molecule has 0 aliphatic heterocycles. The molecular weight excluding hydrogens is 263 g/mol. The fraction of sp³-hybridized carbons (Fsp3) is 0.0769. The lowest BCUT2D eigenvalue weighted by Crippen LogP contribution is -2.04. The molecule has 1 nitrogen and oxygen atoms in total. The lowest BCUT2D eigenvalue weighted by Gasteiger charge is -2.09. The standard InChI is InChI=1S/C13H9ClF3N/c14-9-4-5-10(15)8(6-9)7-18-12-3-1-2-11(16)13(12)17/h1-6,18H,7H2. The molecule has 0 aromatic heterocycles. The molecule has 0 aliphatic rings. The van der Waals surface area contributed by atoms with Crippen LogP contribution < -0.4 is 5.32 Å². The average Bonchev–Trinajstić information content (AvgIpc) is 2.35. The fourth-order valence-corrected chi connectivity index (χ4v) is 1.70. The molecule has 0 bridgehead atoms. The van der Waals surface area contributed by atoms with Crippen LogP contribution >= 0.6 is 11.6 Å². The van der Waals surface area contributed by atoms with Crippen LogP contribution in [0.4, 0.5) is 18.9 Å². The van der Waals surface area contributed by atoms with Gasteiger partial charge in [0, 0.05) is 17.1 Å². The molecule has 2 aromatic rings. The Bertz CT molecular complexity index is 570. The van der Waals surface area contributed by atoms with Crippen molar-refractivity contribution in [1.82, 2.24) is 0 Å². The van der Waals surface area contributed by atoms with E-state index < -0.39 is 17.5 Å². The summed E-state index contributed by atoms with van der Waals surface area (Å²) in [6.45, 7) is 0.0206. The molecule has 0 saturated heterocycles. The Morgan fingerprint density at radius 1 is 1.00 bits per heavy atom. The Morgan fingerprint density at radius 3 is 2.56 bits per heavy atom. The Balaban J connectivity index is 2.16. The Kier molecular flexibility index (Phi) is 3.77. The van der Waals surface area contributed by atoms with E-state index in [1.807, 2.05) is 0 Å². The molecule has 94 valence electrons. The minimum Gasteiger partial charge on any atom is -0.378 e. The molecular formula is C13H9ClF3N. The first kappa shape index (κ1) is 12.8. The SMILES string of the molecule is Fc1ccc(Cl)cc1CNc1cccc(F)c1F. The van der Waals surface area contributed by atoms with Crippen molar-refractivity contribution in [2.75, 3.05) is 5.32 Å². The molecule has 0 spiro atoms. The lowest BCUT2D eigenvalue weighted by atomic mass is 10.2. The predicted molar refractivity (Wildman–Crippen MR) is 65.1 cm³/mol. The van der Waals surface area contributed by atoms with Gasteiger partial charge in [-0.15, -0.1) is 0 Å². The number of hydrogen-bond acceptors (Lipinski definition) is 1. The lowest BCUT2D eigenvalue weighted by molar-refractivity contribution is 0.511. The van der Waals surface area contributed by atoms with Gasteiger partial charge >= 0.3 is 0 Å². The van der Waals surface area contributed by atoms with Crippen molar-refractivity contribution in [1.29, 1.82) is 0 Å². The maximum atomic E-state index is 13.4. The van der Waals surface area contributed by atoms with Crippen LogP contribution in [-0.2, 0) is 6.54 Å². The predicted octanol–water partition coefficient (Wildman–Crippen LogP) is 4.37. The van der Waals surface area contributed by atoms with Crippen LogP contribution in [0.5, 0.6) is 0 Å². The van der Waals surface area contributed by atoms with Crippen LogP contribution in [-0.4, -0.2) is 0 Å². The van der Waals surface area contributed by atoms with Gasteiger partial charge in [0.2, 0.25) is 0 Å². The van der Waals surface area contributed by atoms with Crippen LogP contribution in [0.2, 0.25) is 5.02 Å². The third kappa shape index (κ3) is 2.76. The van der Waals surface area contributed by atoms with Crippen molar-refractivity contribution >= 4 is 17.3 Å². The highest BCUT2D eigenvalue weighted by Crippen LogP contribution is 2.19. The minimum atomic E-state index is -0.986. The van der Waals surface area contributed by atoms with E-state index in [2.05, 4.69) is 5.32 Å². The van der Waals surface area contributed by atoms with Gasteiger partial charge in [-0.3, -0.25) is 0 Å². The Hall–Kier alpha value is -1.68. The summed E-state index contributed by atoms with van der Waals surface area (Å²) in [4.78, 5) is 0. The summed E-state index contributed by atoms with van der Waals surface area (Å²) in [7, 11) is 0. The van der Waals surface area contributed by atoms with E-state index >= 15 is 0 Å². The topological polar surface area (TPSA) is 12.0 Å². The molecule has 0 aliphatic carbocycles. The molecule has 18 heavy (non-hydrogen) atoms. The van der Waals surface area contributed by atoms with Gasteiger partial charge in [0.25, 0.3) is 0 Å². The van der Waals surface area contributed by atoms with Crippen LogP contribution in [0.25, 0.3) is 0 Å². The number of hydrogen-bond donors (Lipinski definition) is 1. The molecule has 0 unspecified atom stereocenters. The molecule has 0 radical (unpaired) electrons. The summed E-state index contributed by atoms with van der Waals surface area (Å²) in [6.07, 6.45) is 0. The van der Waals surface area contributed by atoms with Gasteiger partial charge in [-0.1, -0.05) is 17.7 Å². The van der Waals surface area contributed by atoms with Gasteiger partial charge in [-0.2, -0.15) is 0 Å². The Morgan fingerprint density at radius 2 is 1.78 bits per heavy atom. The zero-order valence-corrected chi connectivity index (χ0v) is 9.94. The highest BCUT2D eigenvalue weighted by Gasteiger charge is 2.08. The zero-order valence-electron chi connectivity index (χ0n) is 9.18. The van der Waals surface area contributed by atoms with Crippen LogP contribution in [0.1, 0.15) is 5.56 Å². The monoisotopic (exact) mass is 271 g/mol. The van der Waals surface area contributed by atoms with E-state index in [4.69, 9.17) is 11.6 Å². The normalized spacial score (nSPS) is 10.4. The van der Waals surface area contributed by atoms with Crippen molar-refractivity contribution in [2.45, 2.75) is 6.54 Å². The van der Waals surface area contributed by atoms with E-state index in [1.54, 1.807) is 0 Å². The number of halogens is 4. The van der Waals surface area contributed by atoms with Crippen molar-refractivity contribution < 1.29 is 13.2 Å². The van der Waals surface area contributed by atoms with Crippen molar-refractivity contribution in [3.05, 3.63) is 64.4 Å². The summed E-state index contributed by atoms with van der Waals surface area (Å²) < 4.78 is 39.7. The smallest absolute Gasteiger partial charge is 0.181 e. The molecule has 1 N–H and O–H groups in total. The molecule has 0 fully saturated rings. The fourth-order valence-electron chi connectivity index (χ4n) is 1.51. The van der Waals surface area contributed by atoms with E-state index in [-0.39, 0.29) is 17.8 Å². The highest BCUT2D eigenvalue weighted by atomic mass is 35.5. The van der Waals surface area contributed by atoms with Crippen molar-refractivity contribution in [2.24, 2.45) is 0 Å². The average molecular weight is 272 g/mol.